The predicted octanol–water partition coefficient (Wildman–Crippen LogP) is 8.95. The van der Waals surface area contributed by atoms with Crippen molar-refractivity contribution in [2.45, 2.75) is 13.8 Å². The summed E-state index contributed by atoms with van der Waals surface area (Å²) in [4.78, 5) is 4.64. The van der Waals surface area contributed by atoms with Crippen molar-refractivity contribution >= 4 is 35.3 Å². The van der Waals surface area contributed by atoms with Crippen LogP contribution in [0.4, 0.5) is 5.88 Å². The van der Waals surface area contributed by atoms with Gasteiger partial charge in [-0.1, -0.05) is 89.9 Å². The molecular weight excluding hydrogens is 489 g/mol. The topological polar surface area (TPSA) is 54.2 Å². The average molecular weight is 510 g/mol. The summed E-state index contributed by atoms with van der Waals surface area (Å²) in [6, 6.07) is 29.4. The van der Waals surface area contributed by atoms with Crippen LogP contribution in [0, 0.1) is 25.2 Å². The van der Waals surface area contributed by atoms with Gasteiger partial charge in [0.05, 0.1) is 15.7 Å². The zero-order valence-corrected chi connectivity index (χ0v) is 21.2. The van der Waals surface area contributed by atoms with E-state index in [0.717, 1.165) is 39.3 Å². The Hall–Kier alpha value is -4.04. The Bertz CT molecular complexity index is 1620. The minimum Gasteiger partial charge on any atom is -0.436 e. The molecule has 2 aromatic heterocycles. The number of rotatable bonds is 5. The summed E-state index contributed by atoms with van der Waals surface area (Å²) in [7, 11) is 0. The highest BCUT2D eigenvalue weighted by Gasteiger charge is 2.23. The summed E-state index contributed by atoms with van der Waals surface area (Å²) in [5.41, 5.74) is 6.49. The van der Waals surface area contributed by atoms with Gasteiger partial charge in [0.1, 0.15) is 17.4 Å². The third kappa shape index (κ3) is 4.24. The molecule has 36 heavy (non-hydrogen) atoms. The molecule has 6 heteroatoms. The van der Waals surface area contributed by atoms with Crippen molar-refractivity contribution in [3.8, 4) is 34.2 Å². The van der Waals surface area contributed by atoms with Crippen molar-refractivity contribution in [3.05, 3.63) is 117 Å². The van der Waals surface area contributed by atoms with Crippen LogP contribution in [0.2, 0.25) is 10.0 Å². The largest absolute Gasteiger partial charge is 0.436 e. The predicted molar refractivity (Wildman–Crippen MR) is 147 cm³/mol. The van der Waals surface area contributed by atoms with E-state index in [1.54, 1.807) is 12.3 Å². The number of nitrogens with zero attached hydrogens (tertiary/aromatic N) is 3. The standard InChI is InChI=1S/C30H21Cl2N3O/c1-19-16-23(20(2)35(19)26-15-9-14-25(31)28(26)32)18-34-30-24(17-33)27(21-10-5-3-6-11-21)29(36-30)22-12-7-4-8-13-22/h3-16,18H,1-2H3. The lowest BCUT2D eigenvalue weighted by molar-refractivity contribution is 0.593. The van der Waals surface area contributed by atoms with Gasteiger partial charge >= 0.3 is 0 Å². The molecule has 0 N–H and O–H groups in total. The Balaban J connectivity index is 1.63. The van der Waals surface area contributed by atoms with Gasteiger partial charge in [0.2, 0.25) is 5.88 Å². The molecule has 4 nitrogen and oxygen atoms in total. The minimum absolute atomic E-state index is 0.265. The van der Waals surface area contributed by atoms with Gasteiger partial charge in [0.15, 0.2) is 0 Å². The highest BCUT2D eigenvalue weighted by atomic mass is 35.5. The maximum Gasteiger partial charge on any atom is 0.238 e. The Labute approximate surface area is 219 Å². The second-order valence-corrected chi connectivity index (χ2v) is 9.11. The monoisotopic (exact) mass is 509 g/mol. The Morgan fingerprint density at radius 2 is 1.56 bits per heavy atom. The average Bonchev–Trinajstić information content (AvgIpc) is 3.41. The number of nitriles is 1. The molecule has 0 bridgehead atoms. The molecule has 0 atom stereocenters. The first-order valence-corrected chi connectivity index (χ1v) is 12.1. The number of hydrogen-bond acceptors (Lipinski definition) is 3. The van der Waals surface area contributed by atoms with Crippen LogP contribution in [0.1, 0.15) is 22.5 Å². The Morgan fingerprint density at radius 3 is 2.22 bits per heavy atom. The first-order valence-electron chi connectivity index (χ1n) is 11.3. The maximum atomic E-state index is 10.1. The summed E-state index contributed by atoms with van der Waals surface area (Å²) >= 11 is 12.7. The van der Waals surface area contributed by atoms with E-state index in [1.165, 1.54) is 0 Å². The molecule has 0 saturated heterocycles. The fraction of sp³-hybridized carbons (Fsp3) is 0.0667. The molecule has 2 heterocycles. The fourth-order valence-corrected chi connectivity index (χ4v) is 4.75. The molecule has 0 saturated carbocycles. The van der Waals surface area contributed by atoms with Crippen molar-refractivity contribution in [2.75, 3.05) is 0 Å². The van der Waals surface area contributed by atoms with Crippen molar-refractivity contribution < 1.29 is 4.42 Å². The third-order valence-electron chi connectivity index (χ3n) is 6.06. The van der Waals surface area contributed by atoms with Crippen LogP contribution in [0.15, 0.2) is 94.3 Å². The number of furan rings is 1. The van der Waals surface area contributed by atoms with Crippen molar-refractivity contribution in [2.24, 2.45) is 4.99 Å². The molecule has 0 spiro atoms. The van der Waals surface area contributed by atoms with Gasteiger partial charge in [-0.25, -0.2) is 4.99 Å². The fourth-order valence-electron chi connectivity index (χ4n) is 4.37. The van der Waals surface area contributed by atoms with Gasteiger partial charge < -0.3 is 8.98 Å². The number of aryl methyl sites for hydroxylation is 1. The molecule has 0 amide bonds. The molecule has 5 aromatic rings. The van der Waals surface area contributed by atoms with E-state index in [9.17, 15) is 5.26 Å². The molecule has 0 unspecified atom stereocenters. The Morgan fingerprint density at radius 1 is 0.889 bits per heavy atom. The molecule has 5 rings (SSSR count). The quantitative estimate of drug-likeness (QED) is 0.222. The number of halogens is 2. The molecule has 0 aliphatic carbocycles. The summed E-state index contributed by atoms with van der Waals surface area (Å²) in [6.07, 6.45) is 1.72. The first kappa shape index (κ1) is 23.7. The number of aromatic nitrogens is 1. The van der Waals surface area contributed by atoms with Gasteiger partial charge in [-0.2, -0.15) is 5.26 Å². The molecule has 0 fully saturated rings. The van der Waals surface area contributed by atoms with Crippen LogP contribution >= 0.6 is 23.2 Å². The van der Waals surface area contributed by atoms with Gasteiger partial charge in [-0.3, -0.25) is 0 Å². The van der Waals surface area contributed by atoms with Crippen LogP contribution in [0.3, 0.4) is 0 Å². The second-order valence-electron chi connectivity index (χ2n) is 8.32. The first-order chi connectivity index (χ1) is 17.5. The van der Waals surface area contributed by atoms with E-state index in [0.29, 0.717) is 21.4 Å². The summed E-state index contributed by atoms with van der Waals surface area (Å²) < 4.78 is 8.27. The van der Waals surface area contributed by atoms with Gasteiger partial charge in [-0.05, 0) is 37.6 Å². The van der Waals surface area contributed by atoms with E-state index < -0.39 is 0 Å². The minimum atomic E-state index is 0.265. The number of benzene rings is 3. The second kappa shape index (κ2) is 9.91. The van der Waals surface area contributed by atoms with E-state index in [4.69, 9.17) is 27.6 Å². The van der Waals surface area contributed by atoms with E-state index in [1.807, 2.05) is 97.3 Å². The van der Waals surface area contributed by atoms with Gasteiger partial charge in [0.25, 0.3) is 0 Å². The maximum absolute atomic E-state index is 10.1. The lowest BCUT2D eigenvalue weighted by atomic mass is 9.98. The summed E-state index contributed by atoms with van der Waals surface area (Å²) in [5, 5.41) is 11.1. The Kier molecular flexibility index (Phi) is 6.52. The summed E-state index contributed by atoms with van der Waals surface area (Å²) in [5.74, 6) is 0.877. The van der Waals surface area contributed by atoms with Crippen molar-refractivity contribution in [1.82, 2.24) is 4.57 Å². The van der Waals surface area contributed by atoms with Crippen LogP contribution < -0.4 is 0 Å². The van der Waals surface area contributed by atoms with Crippen LogP contribution in [0.5, 0.6) is 0 Å². The van der Waals surface area contributed by atoms with Crippen LogP contribution in [-0.2, 0) is 0 Å². The van der Waals surface area contributed by atoms with Gasteiger partial charge in [0, 0.05) is 34.3 Å². The van der Waals surface area contributed by atoms with E-state index >= 15 is 0 Å². The van der Waals surface area contributed by atoms with E-state index in [-0.39, 0.29) is 5.88 Å². The zero-order valence-electron chi connectivity index (χ0n) is 19.7. The van der Waals surface area contributed by atoms with Crippen molar-refractivity contribution in [3.63, 3.8) is 0 Å². The SMILES string of the molecule is Cc1cc(C=Nc2oc(-c3ccccc3)c(-c3ccccc3)c2C#N)c(C)n1-c1cccc(Cl)c1Cl. The van der Waals surface area contributed by atoms with E-state index in [2.05, 4.69) is 11.1 Å². The summed E-state index contributed by atoms with van der Waals surface area (Å²) in [6.45, 7) is 3.99. The van der Waals surface area contributed by atoms with Crippen LogP contribution in [0.25, 0.3) is 28.1 Å². The molecule has 0 aliphatic rings. The number of hydrogen-bond donors (Lipinski definition) is 0. The highest BCUT2D eigenvalue weighted by Crippen LogP contribution is 2.42. The molecule has 0 radical (unpaired) electrons. The lowest BCUT2D eigenvalue weighted by Gasteiger charge is -2.12. The highest BCUT2D eigenvalue weighted by molar-refractivity contribution is 6.43. The number of aliphatic imine (C=N–C) groups is 1. The smallest absolute Gasteiger partial charge is 0.238 e. The molecular formula is C30H21Cl2N3O. The molecule has 0 aliphatic heterocycles. The van der Waals surface area contributed by atoms with Crippen LogP contribution in [-0.4, -0.2) is 10.8 Å². The van der Waals surface area contributed by atoms with Crippen molar-refractivity contribution in [1.29, 1.82) is 5.26 Å². The third-order valence-corrected chi connectivity index (χ3v) is 6.87. The zero-order chi connectivity index (χ0) is 25.2. The molecule has 3 aromatic carbocycles. The molecule has 176 valence electrons. The lowest BCUT2D eigenvalue weighted by Crippen LogP contribution is -2.00. The van der Waals surface area contributed by atoms with Gasteiger partial charge in [-0.15, -0.1) is 0 Å². The normalized spacial score (nSPS) is 11.2.